The Labute approximate surface area is 111 Å². The third-order valence-corrected chi connectivity index (χ3v) is 3.76. The molecule has 1 atom stereocenters. The molecule has 0 aromatic carbocycles. The molecule has 0 bridgehead atoms. The van der Waals surface area contributed by atoms with Gasteiger partial charge in [-0.1, -0.05) is 17.7 Å². The largest absolute Gasteiger partial charge is 0.482 e. The molecule has 1 saturated heterocycles. The number of pyridine rings is 1. The maximum atomic E-state index is 6.22. The van der Waals surface area contributed by atoms with E-state index < -0.39 is 0 Å². The molecule has 3 heterocycles. The van der Waals surface area contributed by atoms with Gasteiger partial charge in [0.2, 0.25) is 0 Å². The Kier molecular flexibility index (Phi) is 3.14. The lowest BCUT2D eigenvalue weighted by Crippen LogP contribution is -2.29. The Bertz CT molecular complexity index is 561. The van der Waals surface area contributed by atoms with Crippen LogP contribution in [-0.4, -0.2) is 29.6 Å². The van der Waals surface area contributed by atoms with Crippen molar-refractivity contribution in [3.8, 4) is 5.88 Å². The van der Waals surface area contributed by atoms with Gasteiger partial charge in [-0.25, -0.2) is 4.98 Å². The van der Waals surface area contributed by atoms with Gasteiger partial charge in [0.1, 0.15) is 5.82 Å². The first-order valence-electron chi connectivity index (χ1n) is 6.23. The predicted molar refractivity (Wildman–Crippen MR) is 71.6 cm³/mol. The van der Waals surface area contributed by atoms with Crippen LogP contribution in [0.2, 0.25) is 5.15 Å². The number of hydrogen-bond donors (Lipinski definition) is 1. The highest BCUT2D eigenvalue weighted by Crippen LogP contribution is 2.30. The van der Waals surface area contributed by atoms with Crippen molar-refractivity contribution in [2.24, 2.45) is 0 Å². The molecule has 4 nitrogen and oxygen atoms in total. The second-order valence-corrected chi connectivity index (χ2v) is 4.95. The van der Waals surface area contributed by atoms with Crippen LogP contribution in [0.1, 0.15) is 24.6 Å². The number of rotatable bonds is 2. The lowest BCUT2D eigenvalue weighted by Gasteiger charge is -2.22. The van der Waals surface area contributed by atoms with E-state index in [-0.39, 0.29) is 0 Å². The quantitative estimate of drug-likeness (QED) is 0.907. The van der Waals surface area contributed by atoms with Crippen molar-refractivity contribution in [1.29, 1.82) is 0 Å². The van der Waals surface area contributed by atoms with Crippen LogP contribution in [0.15, 0.2) is 18.2 Å². The number of fused-ring (bicyclic) bond motifs is 1. The lowest BCUT2D eigenvalue weighted by atomic mass is 9.99. The molecule has 18 heavy (non-hydrogen) atoms. The fraction of sp³-hybridized carbons (Fsp3) is 0.462. The third-order valence-electron chi connectivity index (χ3n) is 3.48. The smallest absolute Gasteiger partial charge is 0.199 e. The number of piperidine rings is 1. The molecule has 1 fully saturated rings. The van der Waals surface area contributed by atoms with Gasteiger partial charge in [-0.2, -0.15) is 0 Å². The summed E-state index contributed by atoms with van der Waals surface area (Å²) in [6.07, 6.45) is 2.31. The second-order valence-electron chi connectivity index (χ2n) is 4.59. The summed E-state index contributed by atoms with van der Waals surface area (Å²) in [7, 11) is 1.67. The number of hydrogen-bond acceptors (Lipinski definition) is 3. The fourth-order valence-corrected chi connectivity index (χ4v) is 2.83. The van der Waals surface area contributed by atoms with Gasteiger partial charge in [-0.05, 0) is 31.5 Å². The molecule has 96 valence electrons. The molecular weight excluding hydrogens is 250 g/mol. The van der Waals surface area contributed by atoms with Crippen molar-refractivity contribution in [2.75, 3.05) is 20.2 Å². The van der Waals surface area contributed by atoms with Gasteiger partial charge in [-0.3, -0.25) is 4.40 Å². The van der Waals surface area contributed by atoms with E-state index in [0.29, 0.717) is 11.1 Å². The summed E-state index contributed by atoms with van der Waals surface area (Å²) in [5.41, 5.74) is 0.914. The fourth-order valence-electron chi connectivity index (χ4n) is 2.60. The number of nitrogens with one attached hydrogen (secondary N) is 1. The van der Waals surface area contributed by atoms with Crippen molar-refractivity contribution in [1.82, 2.24) is 14.7 Å². The van der Waals surface area contributed by atoms with Gasteiger partial charge in [0.15, 0.2) is 11.0 Å². The molecule has 3 rings (SSSR count). The monoisotopic (exact) mass is 265 g/mol. The van der Waals surface area contributed by atoms with Crippen LogP contribution in [-0.2, 0) is 0 Å². The second kappa shape index (κ2) is 4.78. The molecule has 1 aliphatic rings. The van der Waals surface area contributed by atoms with Crippen LogP contribution in [0, 0.1) is 0 Å². The molecule has 0 saturated carbocycles. The zero-order chi connectivity index (χ0) is 12.5. The number of imidazole rings is 1. The SMILES string of the molecule is COc1cccc2c(Cl)nc(C3CCCNC3)n12. The molecule has 0 radical (unpaired) electrons. The van der Waals surface area contributed by atoms with Crippen molar-refractivity contribution >= 4 is 17.1 Å². The predicted octanol–water partition coefficient (Wildman–Crippen LogP) is 2.46. The standard InChI is InChI=1S/C13H16ClN3O/c1-18-11-6-2-5-10-12(14)16-13(17(10)11)9-4-3-7-15-8-9/h2,5-6,9,15H,3-4,7-8H2,1H3. The molecule has 0 amide bonds. The van der Waals surface area contributed by atoms with E-state index in [4.69, 9.17) is 16.3 Å². The van der Waals surface area contributed by atoms with E-state index >= 15 is 0 Å². The zero-order valence-corrected chi connectivity index (χ0v) is 11.1. The van der Waals surface area contributed by atoms with Crippen molar-refractivity contribution in [2.45, 2.75) is 18.8 Å². The van der Waals surface area contributed by atoms with Crippen LogP contribution in [0.3, 0.4) is 0 Å². The topological polar surface area (TPSA) is 38.6 Å². The summed E-state index contributed by atoms with van der Waals surface area (Å²) in [4.78, 5) is 4.53. The Hall–Kier alpha value is -1.26. The first-order chi connectivity index (χ1) is 8.81. The molecular formula is C13H16ClN3O. The molecule has 1 aliphatic heterocycles. The average molecular weight is 266 g/mol. The lowest BCUT2D eigenvalue weighted by molar-refractivity contribution is 0.382. The van der Waals surface area contributed by atoms with Crippen molar-refractivity contribution in [3.63, 3.8) is 0 Å². The average Bonchev–Trinajstić information content (AvgIpc) is 2.77. The number of methoxy groups -OCH3 is 1. The Morgan fingerprint density at radius 1 is 1.50 bits per heavy atom. The minimum Gasteiger partial charge on any atom is -0.482 e. The summed E-state index contributed by atoms with van der Waals surface area (Å²) in [6, 6.07) is 5.84. The normalized spacial score (nSPS) is 20.2. The maximum absolute atomic E-state index is 6.22. The van der Waals surface area contributed by atoms with Crippen LogP contribution in [0.5, 0.6) is 5.88 Å². The first-order valence-corrected chi connectivity index (χ1v) is 6.60. The minimum absolute atomic E-state index is 0.398. The summed E-state index contributed by atoms with van der Waals surface area (Å²) < 4.78 is 7.44. The molecule has 0 spiro atoms. The highest BCUT2D eigenvalue weighted by atomic mass is 35.5. The van der Waals surface area contributed by atoms with E-state index in [1.807, 2.05) is 22.6 Å². The van der Waals surface area contributed by atoms with Crippen molar-refractivity contribution in [3.05, 3.63) is 29.2 Å². The molecule has 0 aliphatic carbocycles. The van der Waals surface area contributed by atoms with Gasteiger partial charge in [-0.15, -0.1) is 0 Å². The van der Waals surface area contributed by atoms with Gasteiger partial charge in [0.25, 0.3) is 0 Å². The van der Waals surface area contributed by atoms with Gasteiger partial charge < -0.3 is 10.1 Å². The Morgan fingerprint density at radius 3 is 3.11 bits per heavy atom. The van der Waals surface area contributed by atoms with Gasteiger partial charge >= 0.3 is 0 Å². The maximum Gasteiger partial charge on any atom is 0.199 e. The van der Waals surface area contributed by atoms with E-state index in [1.54, 1.807) is 7.11 Å². The summed E-state index contributed by atoms with van der Waals surface area (Å²) in [5, 5.41) is 3.96. The van der Waals surface area contributed by atoms with Gasteiger partial charge in [0, 0.05) is 12.5 Å². The van der Waals surface area contributed by atoms with Crippen LogP contribution >= 0.6 is 11.6 Å². The van der Waals surface area contributed by atoms with Gasteiger partial charge in [0.05, 0.1) is 12.6 Å². The minimum atomic E-state index is 0.398. The first kappa shape index (κ1) is 11.8. The molecule has 2 aromatic rings. The molecule has 1 N–H and O–H groups in total. The van der Waals surface area contributed by atoms with E-state index in [0.717, 1.165) is 36.7 Å². The Morgan fingerprint density at radius 2 is 2.39 bits per heavy atom. The summed E-state index contributed by atoms with van der Waals surface area (Å²) in [5.74, 6) is 2.18. The number of halogens is 1. The van der Waals surface area contributed by atoms with Crippen LogP contribution in [0.25, 0.3) is 5.52 Å². The number of aromatic nitrogens is 2. The molecule has 5 heteroatoms. The number of ether oxygens (including phenoxy) is 1. The highest BCUT2D eigenvalue weighted by molar-refractivity contribution is 6.32. The third kappa shape index (κ3) is 1.85. The number of nitrogens with zero attached hydrogens (tertiary/aromatic N) is 2. The van der Waals surface area contributed by atoms with E-state index in [1.165, 1.54) is 6.42 Å². The summed E-state index contributed by atoms with van der Waals surface area (Å²) in [6.45, 7) is 2.04. The van der Waals surface area contributed by atoms with E-state index in [2.05, 4.69) is 10.3 Å². The molecule has 2 aromatic heterocycles. The summed E-state index contributed by atoms with van der Waals surface area (Å²) >= 11 is 6.22. The molecule has 1 unspecified atom stereocenters. The van der Waals surface area contributed by atoms with Crippen LogP contribution < -0.4 is 10.1 Å². The Balaban J connectivity index is 2.15. The highest BCUT2D eigenvalue weighted by Gasteiger charge is 2.23. The van der Waals surface area contributed by atoms with Crippen molar-refractivity contribution < 1.29 is 4.74 Å². The zero-order valence-electron chi connectivity index (χ0n) is 10.3. The van der Waals surface area contributed by atoms with Crippen LogP contribution in [0.4, 0.5) is 0 Å². The van der Waals surface area contributed by atoms with E-state index in [9.17, 15) is 0 Å².